The number of benzene rings is 2. The summed E-state index contributed by atoms with van der Waals surface area (Å²) in [6.07, 6.45) is 1.99. The molecule has 154 valence electrons. The standard InChI is InChI=1S/C24H30N2O3/c1-4-5-13-25-23(27)22-16-26(15-21(22)18-11-9-17(2)10-12-18)24(28)19-7-6-8-20(14-19)29-3/h6-12,14,21-22H,4-5,13,15-16H2,1-3H3,(H,25,27). The predicted octanol–water partition coefficient (Wildman–Crippen LogP) is 3.78. The minimum Gasteiger partial charge on any atom is -0.497 e. The molecule has 3 rings (SSSR count). The molecule has 1 fully saturated rings. The number of hydrogen-bond acceptors (Lipinski definition) is 3. The number of ether oxygens (including phenoxy) is 1. The SMILES string of the molecule is CCCCNC(=O)C1CN(C(=O)c2cccc(OC)c2)CC1c1ccc(C)cc1. The van der Waals surface area contributed by atoms with Gasteiger partial charge in [0.05, 0.1) is 13.0 Å². The van der Waals surface area contributed by atoms with Crippen LogP contribution in [0, 0.1) is 12.8 Å². The van der Waals surface area contributed by atoms with E-state index in [4.69, 9.17) is 4.74 Å². The Morgan fingerprint density at radius 2 is 1.90 bits per heavy atom. The van der Waals surface area contributed by atoms with Crippen molar-refractivity contribution in [3.63, 3.8) is 0 Å². The third-order valence-corrected chi connectivity index (χ3v) is 5.60. The summed E-state index contributed by atoms with van der Waals surface area (Å²) in [5, 5.41) is 3.06. The third kappa shape index (κ3) is 4.97. The lowest BCUT2D eigenvalue weighted by atomic mass is 9.88. The summed E-state index contributed by atoms with van der Waals surface area (Å²) in [7, 11) is 1.59. The Labute approximate surface area is 173 Å². The zero-order valence-corrected chi connectivity index (χ0v) is 17.5. The van der Waals surface area contributed by atoms with Gasteiger partial charge in [-0.3, -0.25) is 9.59 Å². The van der Waals surface area contributed by atoms with Gasteiger partial charge < -0.3 is 15.0 Å². The van der Waals surface area contributed by atoms with Crippen molar-refractivity contribution in [1.29, 1.82) is 0 Å². The predicted molar refractivity (Wildman–Crippen MR) is 114 cm³/mol. The number of unbranched alkanes of at least 4 members (excludes halogenated alkanes) is 1. The van der Waals surface area contributed by atoms with Gasteiger partial charge in [-0.25, -0.2) is 0 Å². The molecule has 1 saturated heterocycles. The van der Waals surface area contributed by atoms with Crippen LogP contribution in [0.25, 0.3) is 0 Å². The topological polar surface area (TPSA) is 58.6 Å². The van der Waals surface area contributed by atoms with Crippen LogP contribution in [0.5, 0.6) is 5.75 Å². The van der Waals surface area contributed by atoms with Crippen LogP contribution in [-0.4, -0.2) is 43.5 Å². The molecule has 2 aromatic carbocycles. The van der Waals surface area contributed by atoms with Crippen molar-refractivity contribution in [3.05, 3.63) is 65.2 Å². The highest BCUT2D eigenvalue weighted by Gasteiger charge is 2.40. The molecule has 0 radical (unpaired) electrons. The lowest BCUT2D eigenvalue weighted by Crippen LogP contribution is -2.36. The van der Waals surface area contributed by atoms with E-state index in [1.807, 2.05) is 19.1 Å². The average molecular weight is 395 g/mol. The van der Waals surface area contributed by atoms with E-state index < -0.39 is 0 Å². The maximum Gasteiger partial charge on any atom is 0.254 e. The number of methoxy groups -OCH3 is 1. The Morgan fingerprint density at radius 3 is 2.59 bits per heavy atom. The normalized spacial score (nSPS) is 18.5. The van der Waals surface area contributed by atoms with Gasteiger partial charge in [0.1, 0.15) is 5.75 Å². The van der Waals surface area contributed by atoms with Gasteiger partial charge in [-0.1, -0.05) is 49.2 Å². The van der Waals surface area contributed by atoms with Crippen molar-refractivity contribution in [2.45, 2.75) is 32.6 Å². The fourth-order valence-corrected chi connectivity index (χ4v) is 3.84. The maximum absolute atomic E-state index is 13.1. The highest BCUT2D eigenvalue weighted by molar-refractivity contribution is 5.95. The summed E-state index contributed by atoms with van der Waals surface area (Å²) in [6.45, 7) is 5.78. The smallest absolute Gasteiger partial charge is 0.254 e. The molecule has 0 aliphatic carbocycles. The van der Waals surface area contributed by atoms with E-state index in [1.54, 1.807) is 24.1 Å². The first kappa shape index (κ1) is 20.9. The van der Waals surface area contributed by atoms with Gasteiger partial charge >= 0.3 is 0 Å². The lowest BCUT2D eigenvalue weighted by Gasteiger charge is -2.18. The highest BCUT2D eigenvalue weighted by Crippen LogP contribution is 2.34. The Kier molecular flexibility index (Phi) is 6.91. The molecule has 0 bridgehead atoms. The number of rotatable bonds is 7. The molecular formula is C24H30N2O3. The van der Waals surface area contributed by atoms with Crippen LogP contribution in [-0.2, 0) is 4.79 Å². The molecule has 1 heterocycles. The van der Waals surface area contributed by atoms with Crippen molar-refractivity contribution < 1.29 is 14.3 Å². The van der Waals surface area contributed by atoms with Crippen molar-refractivity contribution in [2.75, 3.05) is 26.7 Å². The van der Waals surface area contributed by atoms with Gasteiger partial charge in [0.15, 0.2) is 0 Å². The van der Waals surface area contributed by atoms with E-state index in [-0.39, 0.29) is 23.7 Å². The van der Waals surface area contributed by atoms with Crippen LogP contribution in [0.4, 0.5) is 0 Å². The molecule has 2 aromatic rings. The molecule has 2 unspecified atom stereocenters. The highest BCUT2D eigenvalue weighted by atomic mass is 16.5. The van der Waals surface area contributed by atoms with Gasteiger partial charge in [-0.15, -0.1) is 0 Å². The molecule has 0 saturated carbocycles. The second kappa shape index (κ2) is 9.59. The number of nitrogens with one attached hydrogen (secondary N) is 1. The summed E-state index contributed by atoms with van der Waals surface area (Å²) < 4.78 is 5.25. The van der Waals surface area contributed by atoms with Crippen molar-refractivity contribution in [3.8, 4) is 5.75 Å². The maximum atomic E-state index is 13.1. The van der Waals surface area contributed by atoms with E-state index >= 15 is 0 Å². The summed E-state index contributed by atoms with van der Waals surface area (Å²) in [5.41, 5.74) is 2.87. The molecule has 1 aliphatic rings. The van der Waals surface area contributed by atoms with Crippen LogP contribution < -0.4 is 10.1 Å². The van der Waals surface area contributed by atoms with Gasteiger partial charge in [0, 0.05) is 31.1 Å². The molecular weight excluding hydrogens is 364 g/mol. The molecule has 2 atom stereocenters. The van der Waals surface area contributed by atoms with E-state index in [1.165, 1.54) is 5.56 Å². The van der Waals surface area contributed by atoms with Gasteiger partial charge in [-0.2, -0.15) is 0 Å². The molecule has 0 aromatic heterocycles. The fourth-order valence-electron chi connectivity index (χ4n) is 3.84. The molecule has 1 N–H and O–H groups in total. The number of aryl methyl sites for hydroxylation is 1. The van der Waals surface area contributed by atoms with Crippen molar-refractivity contribution in [2.24, 2.45) is 5.92 Å². The molecule has 29 heavy (non-hydrogen) atoms. The van der Waals surface area contributed by atoms with Crippen molar-refractivity contribution >= 4 is 11.8 Å². The first-order valence-electron chi connectivity index (χ1n) is 10.3. The van der Waals surface area contributed by atoms with Crippen LogP contribution in [0.2, 0.25) is 0 Å². The van der Waals surface area contributed by atoms with Gasteiger partial charge in [0.25, 0.3) is 5.91 Å². The number of amides is 2. The van der Waals surface area contributed by atoms with E-state index in [2.05, 4.69) is 36.5 Å². The number of carbonyl (C=O) groups excluding carboxylic acids is 2. The largest absolute Gasteiger partial charge is 0.497 e. The Hall–Kier alpha value is -2.82. The molecule has 2 amide bonds. The van der Waals surface area contributed by atoms with Gasteiger partial charge in [-0.05, 0) is 37.1 Å². The zero-order valence-electron chi connectivity index (χ0n) is 17.5. The summed E-state index contributed by atoms with van der Waals surface area (Å²) in [5.74, 6) is 0.365. The van der Waals surface area contributed by atoms with E-state index in [0.717, 1.165) is 18.4 Å². The summed E-state index contributed by atoms with van der Waals surface area (Å²) in [4.78, 5) is 27.8. The lowest BCUT2D eigenvalue weighted by molar-refractivity contribution is -0.124. The minimum atomic E-state index is -0.246. The molecule has 0 spiro atoms. The van der Waals surface area contributed by atoms with Crippen LogP contribution in [0.3, 0.4) is 0 Å². The molecule has 5 heteroatoms. The Balaban J connectivity index is 1.82. The first-order chi connectivity index (χ1) is 14.0. The van der Waals surface area contributed by atoms with Crippen LogP contribution in [0.15, 0.2) is 48.5 Å². The van der Waals surface area contributed by atoms with Crippen LogP contribution >= 0.6 is 0 Å². The van der Waals surface area contributed by atoms with Crippen molar-refractivity contribution in [1.82, 2.24) is 10.2 Å². The molecule has 5 nitrogen and oxygen atoms in total. The zero-order chi connectivity index (χ0) is 20.8. The number of nitrogens with zero attached hydrogens (tertiary/aromatic N) is 1. The van der Waals surface area contributed by atoms with E-state index in [9.17, 15) is 9.59 Å². The number of carbonyl (C=O) groups is 2. The fraction of sp³-hybridized carbons (Fsp3) is 0.417. The van der Waals surface area contributed by atoms with Gasteiger partial charge in [0.2, 0.25) is 5.91 Å². The molecule has 1 aliphatic heterocycles. The number of hydrogen-bond donors (Lipinski definition) is 1. The summed E-state index contributed by atoms with van der Waals surface area (Å²) >= 11 is 0. The minimum absolute atomic E-state index is 0.00761. The Bertz CT molecular complexity index is 847. The number of likely N-dealkylation sites (tertiary alicyclic amines) is 1. The second-order valence-corrected chi connectivity index (χ2v) is 7.71. The Morgan fingerprint density at radius 1 is 1.14 bits per heavy atom. The van der Waals surface area contributed by atoms with Crippen LogP contribution in [0.1, 0.15) is 47.2 Å². The summed E-state index contributed by atoms with van der Waals surface area (Å²) in [6, 6.07) is 15.5. The monoisotopic (exact) mass is 394 g/mol. The quantitative estimate of drug-likeness (QED) is 0.727. The first-order valence-corrected chi connectivity index (χ1v) is 10.3. The average Bonchev–Trinajstić information content (AvgIpc) is 3.19. The third-order valence-electron chi connectivity index (χ3n) is 5.60. The van der Waals surface area contributed by atoms with E-state index in [0.29, 0.717) is 30.9 Å². The second-order valence-electron chi connectivity index (χ2n) is 7.71.